The van der Waals surface area contributed by atoms with E-state index >= 15 is 0 Å². The van der Waals surface area contributed by atoms with Gasteiger partial charge in [-0.15, -0.1) is 0 Å². The summed E-state index contributed by atoms with van der Waals surface area (Å²) in [6.45, 7) is 3.73. The third kappa shape index (κ3) is 3.37. The molecule has 1 fully saturated rings. The second-order valence-corrected chi connectivity index (χ2v) is 5.83. The van der Waals surface area contributed by atoms with E-state index in [4.69, 9.17) is 5.73 Å². The molecule has 2 rings (SSSR count). The maximum atomic E-state index is 12.6. The van der Waals surface area contributed by atoms with E-state index in [0.717, 1.165) is 29.9 Å². The summed E-state index contributed by atoms with van der Waals surface area (Å²) in [5, 5.41) is 6.85. The Labute approximate surface area is 120 Å². The van der Waals surface area contributed by atoms with Crippen LogP contribution in [0.25, 0.3) is 0 Å². The SMILES string of the molecule is CC(C)NC(Cn1cc(C(F)(F)F)cn1)(C(N)=O)C1CC1. The minimum Gasteiger partial charge on any atom is -0.368 e. The van der Waals surface area contributed by atoms with Gasteiger partial charge >= 0.3 is 6.18 Å². The summed E-state index contributed by atoms with van der Waals surface area (Å²) in [6, 6.07) is -0.0178. The van der Waals surface area contributed by atoms with Gasteiger partial charge in [-0.05, 0) is 32.6 Å². The Morgan fingerprint density at radius 2 is 2.14 bits per heavy atom. The predicted molar refractivity (Wildman–Crippen MR) is 70.2 cm³/mol. The van der Waals surface area contributed by atoms with Crippen LogP contribution >= 0.6 is 0 Å². The second-order valence-electron chi connectivity index (χ2n) is 5.83. The molecule has 0 aliphatic heterocycles. The summed E-state index contributed by atoms with van der Waals surface area (Å²) in [4.78, 5) is 11.9. The first-order valence-electron chi connectivity index (χ1n) is 6.82. The van der Waals surface area contributed by atoms with Gasteiger partial charge < -0.3 is 5.73 Å². The number of nitrogens with zero attached hydrogens (tertiary/aromatic N) is 2. The summed E-state index contributed by atoms with van der Waals surface area (Å²) in [5.41, 5.74) is 3.65. The van der Waals surface area contributed by atoms with Crippen LogP contribution in [0.1, 0.15) is 32.3 Å². The molecule has 1 aliphatic carbocycles. The van der Waals surface area contributed by atoms with Gasteiger partial charge in [0.2, 0.25) is 5.91 Å². The monoisotopic (exact) mass is 304 g/mol. The van der Waals surface area contributed by atoms with Crippen LogP contribution in [0.5, 0.6) is 0 Å². The van der Waals surface area contributed by atoms with E-state index in [2.05, 4.69) is 10.4 Å². The molecule has 0 bridgehead atoms. The number of hydrogen-bond acceptors (Lipinski definition) is 3. The van der Waals surface area contributed by atoms with E-state index in [0.29, 0.717) is 0 Å². The van der Waals surface area contributed by atoms with Gasteiger partial charge in [-0.3, -0.25) is 14.8 Å². The molecule has 21 heavy (non-hydrogen) atoms. The number of hydrogen-bond donors (Lipinski definition) is 2. The lowest BCUT2D eigenvalue weighted by atomic mass is 9.91. The fraction of sp³-hybridized carbons (Fsp3) is 0.692. The lowest BCUT2D eigenvalue weighted by molar-refractivity contribution is -0.137. The molecule has 0 spiro atoms. The van der Waals surface area contributed by atoms with Crippen LogP contribution in [0, 0.1) is 5.92 Å². The van der Waals surface area contributed by atoms with Crippen molar-refractivity contribution < 1.29 is 18.0 Å². The van der Waals surface area contributed by atoms with Crippen LogP contribution in [-0.4, -0.2) is 27.3 Å². The Hall–Kier alpha value is -1.57. The third-order valence-corrected chi connectivity index (χ3v) is 3.63. The van der Waals surface area contributed by atoms with Crippen molar-refractivity contribution in [1.29, 1.82) is 0 Å². The zero-order chi connectivity index (χ0) is 15.8. The molecular weight excluding hydrogens is 285 g/mol. The van der Waals surface area contributed by atoms with Gasteiger partial charge in [-0.1, -0.05) is 0 Å². The van der Waals surface area contributed by atoms with Gasteiger partial charge in [0, 0.05) is 12.2 Å². The highest BCUT2D eigenvalue weighted by atomic mass is 19.4. The molecule has 1 aromatic rings. The summed E-state index contributed by atoms with van der Waals surface area (Å²) in [7, 11) is 0. The zero-order valence-corrected chi connectivity index (χ0v) is 11.9. The molecule has 1 saturated carbocycles. The summed E-state index contributed by atoms with van der Waals surface area (Å²) >= 11 is 0. The first-order chi connectivity index (χ1) is 9.65. The Morgan fingerprint density at radius 3 is 2.52 bits per heavy atom. The molecular formula is C13H19F3N4O. The standard InChI is InChI=1S/C13H19F3N4O/c1-8(2)19-12(11(17)21,9-3-4-9)7-20-6-10(5-18-20)13(14,15)16/h5-6,8-9,19H,3-4,7H2,1-2H3,(H2,17,21). The summed E-state index contributed by atoms with van der Waals surface area (Å²) < 4.78 is 39.0. The second kappa shape index (κ2) is 5.32. The van der Waals surface area contributed by atoms with Crippen LogP contribution in [0.2, 0.25) is 0 Å². The van der Waals surface area contributed by atoms with Crippen molar-refractivity contribution >= 4 is 5.91 Å². The van der Waals surface area contributed by atoms with Crippen molar-refractivity contribution in [3.8, 4) is 0 Å². The van der Waals surface area contributed by atoms with Gasteiger partial charge in [-0.25, -0.2) is 0 Å². The van der Waals surface area contributed by atoms with Crippen LogP contribution in [0.15, 0.2) is 12.4 Å². The molecule has 3 N–H and O–H groups in total. The highest BCUT2D eigenvalue weighted by molar-refractivity contribution is 5.85. The van der Waals surface area contributed by atoms with Gasteiger partial charge in [0.05, 0.1) is 18.3 Å². The number of carbonyl (C=O) groups excluding carboxylic acids is 1. The lowest BCUT2D eigenvalue weighted by Gasteiger charge is -2.34. The Kier molecular flexibility index (Phi) is 4.01. The smallest absolute Gasteiger partial charge is 0.368 e. The average molecular weight is 304 g/mol. The Morgan fingerprint density at radius 1 is 1.52 bits per heavy atom. The van der Waals surface area contributed by atoms with Crippen molar-refractivity contribution in [3.05, 3.63) is 18.0 Å². The highest BCUT2D eigenvalue weighted by Gasteiger charge is 2.50. The van der Waals surface area contributed by atoms with Crippen LogP contribution in [0.4, 0.5) is 13.2 Å². The Bertz CT molecular complexity index is 522. The minimum atomic E-state index is -4.45. The van der Waals surface area contributed by atoms with Crippen molar-refractivity contribution in [2.75, 3.05) is 0 Å². The largest absolute Gasteiger partial charge is 0.419 e. The van der Waals surface area contributed by atoms with Gasteiger partial charge in [0.15, 0.2) is 0 Å². The van der Waals surface area contributed by atoms with E-state index in [9.17, 15) is 18.0 Å². The molecule has 118 valence electrons. The number of rotatable bonds is 6. The lowest BCUT2D eigenvalue weighted by Crippen LogP contribution is -2.61. The molecule has 8 heteroatoms. The number of primary amides is 1. The number of amides is 1. The number of nitrogens with two attached hydrogens (primary N) is 1. The number of halogens is 3. The number of carbonyl (C=O) groups is 1. The highest BCUT2D eigenvalue weighted by Crippen LogP contribution is 2.41. The maximum absolute atomic E-state index is 12.6. The van der Waals surface area contributed by atoms with Gasteiger partial charge in [-0.2, -0.15) is 18.3 Å². The number of nitrogens with one attached hydrogen (secondary N) is 1. The topological polar surface area (TPSA) is 72.9 Å². The van der Waals surface area contributed by atoms with E-state index in [1.165, 1.54) is 0 Å². The quantitative estimate of drug-likeness (QED) is 0.837. The number of alkyl halides is 3. The minimum absolute atomic E-state index is 0.00125. The van der Waals surface area contributed by atoms with Crippen LogP contribution < -0.4 is 11.1 Å². The van der Waals surface area contributed by atoms with Crippen molar-refractivity contribution in [1.82, 2.24) is 15.1 Å². The molecule has 1 heterocycles. The number of aromatic nitrogens is 2. The summed E-state index contributed by atoms with van der Waals surface area (Å²) in [5.74, 6) is -0.515. The molecule has 1 amide bonds. The molecule has 1 aliphatic rings. The summed E-state index contributed by atoms with van der Waals surface area (Å²) in [6.07, 6.45) is -1.12. The normalized spacial score (nSPS) is 18.8. The maximum Gasteiger partial charge on any atom is 0.419 e. The molecule has 0 radical (unpaired) electrons. The fourth-order valence-electron chi connectivity index (χ4n) is 2.59. The van der Waals surface area contributed by atoms with E-state index in [-0.39, 0.29) is 18.5 Å². The van der Waals surface area contributed by atoms with Crippen molar-refractivity contribution in [3.63, 3.8) is 0 Å². The Balaban J connectivity index is 2.26. The van der Waals surface area contributed by atoms with Crippen molar-refractivity contribution in [2.24, 2.45) is 11.7 Å². The average Bonchev–Trinajstić information content (AvgIpc) is 3.07. The molecule has 1 unspecified atom stereocenters. The van der Waals surface area contributed by atoms with Crippen LogP contribution in [-0.2, 0) is 17.5 Å². The first-order valence-corrected chi connectivity index (χ1v) is 6.82. The van der Waals surface area contributed by atoms with Gasteiger partial charge in [0.25, 0.3) is 0 Å². The third-order valence-electron chi connectivity index (χ3n) is 3.63. The predicted octanol–water partition coefficient (Wildman–Crippen LogP) is 1.53. The first kappa shape index (κ1) is 15.8. The molecule has 1 aromatic heterocycles. The molecule has 1 atom stereocenters. The van der Waals surface area contributed by atoms with E-state index in [1.54, 1.807) is 0 Å². The molecule has 0 saturated heterocycles. The van der Waals surface area contributed by atoms with Crippen molar-refractivity contribution in [2.45, 2.75) is 51.0 Å². The van der Waals surface area contributed by atoms with E-state index < -0.39 is 23.2 Å². The van der Waals surface area contributed by atoms with Crippen LogP contribution in [0.3, 0.4) is 0 Å². The van der Waals surface area contributed by atoms with Gasteiger partial charge in [0.1, 0.15) is 5.54 Å². The molecule has 5 nitrogen and oxygen atoms in total. The fourth-order valence-corrected chi connectivity index (χ4v) is 2.59. The zero-order valence-electron chi connectivity index (χ0n) is 11.9. The van der Waals surface area contributed by atoms with E-state index in [1.807, 2.05) is 13.8 Å². The molecule has 0 aromatic carbocycles.